The van der Waals surface area contributed by atoms with Crippen LogP contribution in [0.5, 0.6) is 0 Å². The Labute approximate surface area is 93.1 Å². The average Bonchev–Trinajstić information content (AvgIpc) is 2.29. The van der Waals surface area contributed by atoms with Gasteiger partial charge in [-0.2, -0.15) is 0 Å². The second-order valence-electron chi connectivity index (χ2n) is 4.47. The molecule has 15 heavy (non-hydrogen) atoms. The molecule has 1 N–H and O–H groups in total. The van der Waals surface area contributed by atoms with Crippen molar-refractivity contribution in [3.63, 3.8) is 0 Å². The monoisotopic (exact) mass is 206 g/mol. The fraction of sp³-hybridized carbons (Fsp3) is 0.571. The van der Waals surface area contributed by atoms with Gasteiger partial charge in [0.25, 0.3) is 0 Å². The van der Waals surface area contributed by atoms with Crippen LogP contribution in [0.4, 0.5) is 0 Å². The largest absolute Gasteiger partial charge is 0.396 e. The number of aryl methyl sites for hydroxylation is 1. The number of aliphatic hydroxyl groups is 1. The van der Waals surface area contributed by atoms with Crippen LogP contribution in [0, 0.1) is 12.3 Å². The normalized spacial score (nSPS) is 11.7. The van der Waals surface area contributed by atoms with Gasteiger partial charge in [0.1, 0.15) is 0 Å². The molecule has 1 nitrogen and oxygen atoms in total. The molecule has 1 aromatic carbocycles. The number of rotatable bonds is 5. The van der Waals surface area contributed by atoms with Crippen LogP contribution in [-0.4, -0.2) is 11.7 Å². The van der Waals surface area contributed by atoms with Crippen molar-refractivity contribution in [3.05, 3.63) is 35.4 Å². The summed E-state index contributed by atoms with van der Waals surface area (Å²) in [6, 6.07) is 8.46. The van der Waals surface area contributed by atoms with Gasteiger partial charge in [-0.1, -0.05) is 38.1 Å². The van der Waals surface area contributed by atoms with Gasteiger partial charge in [-0.3, -0.25) is 0 Å². The van der Waals surface area contributed by atoms with Crippen molar-refractivity contribution in [2.24, 2.45) is 5.41 Å². The molecule has 0 aromatic heterocycles. The molecular formula is C14H22O. The first-order valence-electron chi connectivity index (χ1n) is 5.83. The van der Waals surface area contributed by atoms with Gasteiger partial charge < -0.3 is 5.11 Å². The van der Waals surface area contributed by atoms with E-state index in [1.54, 1.807) is 0 Å². The first-order chi connectivity index (χ1) is 7.17. The third kappa shape index (κ3) is 2.82. The predicted molar refractivity (Wildman–Crippen MR) is 65.0 cm³/mol. The Morgan fingerprint density at radius 1 is 1.13 bits per heavy atom. The number of aliphatic hydroxyl groups excluding tert-OH is 1. The van der Waals surface area contributed by atoms with E-state index in [1.807, 2.05) is 0 Å². The summed E-state index contributed by atoms with van der Waals surface area (Å²) in [7, 11) is 0. The maximum atomic E-state index is 9.53. The highest BCUT2D eigenvalue weighted by atomic mass is 16.3. The minimum absolute atomic E-state index is 0.0755. The zero-order chi connectivity index (χ0) is 11.3. The summed E-state index contributed by atoms with van der Waals surface area (Å²) in [5.74, 6) is 0. The van der Waals surface area contributed by atoms with E-state index >= 15 is 0 Å². The Morgan fingerprint density at radius 3 is 2.20 bits per heavy atom. The Morgan fingerprint density at radius 2 is 1.73 bits per heavy atom. The van der Waals surface area contributed by atoms with Crippen molar-refractivity contribution < 1.29 is 5.11 Å². The lowest BCUT2D eigenvalue weighted by Gasteiger charge is -2.30. The third-order valence-electron chi connectivity index (χ3n) is 3.66. The van der Waals surface area contributed by atoms with E-state index in [9.17, 15) is 5.11 Å². The first-order valence-corrected chi connectivity index (χ1v) is 5.83. The molecule has 0 atom stereocenters. The molecule has 0 saturated heterocycles. The molecule has 0 aliphatic rings. The summed E-state index contributed by atoms with van der Waals surface area (Å²) in [5.41, 5.74) is 2.78. The van der Waals surface area contributed by atoms with Crippen molar-refractivity contribution in [1.29, 1.82) is 0 Å². The van der Waals surface area contributed by atoms with E-state index in [-0.39, 0.29) is 12.0 Å². The lowest BCUT2D eigenvalue weighted by Crippen LogP contribution is -2.26. The van der Waals surface area contributed by atoms with E-state index in [1.165, 1.54) is 11.1 Å². The molecule has 0 unspecified atom stereocenters. The Balaban J connectivity index is 2.88. The molecule has 0 fully saturated rings. The smallest absolute Gasteiger partial charge is 0.0490 e. The fourth-order valence-electron chi connectivity index (χ4n) is 1.99. The molecule has 1 aromatic rings. The maximum absolute atomic E-state index is 9.53. The summed E-state index contributed by atoms with van der Waals surface area (Å²) in [5, 5.41) is 9.53. The van der Waals surface area contributed by atoms with E-state index in [4.69, 9.17) is 0 Å². The average molecular weight is 206 g/mol. The van der Waals surface area contributed by atoms with Crippen LogP contribution in [0.1, 0.15) is 37.8 Å². The van der Waals surface area contributed by atoms with Gasteiger partial charge in [0.05, 0.1) is 0 Å². The van der Waals surface area contributed by atoms with Gasteiger partial charge in [-0.15, -0.1) is 0 Å². The van der Waals surface area contributed by atoms with Crippen molar-refractivity contribution in [2.45, 2.75) is 40.0 Å². The molecule has 0 aliphatic carbocycles. The molecule has 0 spiro atoms. The molecule has 0 heterocycles. The number of benzene rings is 1. The zero-order valence-electron chi connectivity index (χ0n) is 10.1. The van der Waals surface area contributed by atoms with E-state index in [0.29, 0.717) is 0 Å². The predicted octanol–water partition coefficient (Wildman–Crippen LogP) is 3.34. The highest BCUT2D eigenvalue weighted by Crippen LogP contribution is 2.31. The van der Waals surface area contributed by atoms with Gasteiger partial charge >= 0.3 is 0 Å². The maximum Gasteiger partial charge on any atom is 0.0490 e. The molecule has 1 rings (SSSR count). The van der Waals surface area contributed by atoms with Gasteiger partial charge in [-0.25, -0.2) is 0 Å². The van der Waals surface area contributed by atoms with E-state index < -0.39 is 0 Å². The highest BCUT2D eigenvalue weighted by Gasteiger charge is 2.25. The number of hydrogen-bond acceptors (Lipinski definition) is 1. The van der Waals surface area contributed by atoms with Crippen LogP contribution >= 0.6 is 0 Å². The van der Waals surface area contributed by atoms with Gasteiger partial charge in [0, 0.05) is 6.61 Å². The van der Waals surface area contributed by atoms with Crippen LogP contribution < -0.4 is 0 Å². The van der Waals surface area contributed by atoms with Crippen molar-refractivity contribution in [2.75, 3.05) is 6.61 Å². The topological polar surface area (TPSA) is 20.2 Å². The summed E-state index contributed by atoms with van der Waals surface area (Å²) in [6.45, 7) is 6.76. The Hall–Kier alpha value is -0.820. The molecule has 0 aliphatic heterocycles. The van der Waals surface area contributed by atoms with Crippen molar-refractivity contribution in [3.8, 4) is 0 Å². The quantitative estimate of drug-likeness (QED) is 0.783. The van der Waals surface area contributed by atoms with Crippen LogP contribution in [0.15, 0.2) is 24.3 Å². The first kappa shape index (κ1) is 12.3. The summed E-state index contributed by atoms with van der Waals surface area (Å²) in [4.78, 5) is 0. The highest BCUT2D eigenvalue weighted by molar-refractivity contribution is 5.26. The molecule has 0 saturated carbocycles. The van der Waals surface area contributed by atoms with Crippen LogP contribution in [0.25, 0.3) is 0 Å². The summed E-state index contributed by atoms with van der Waals surface area (Å²) in [6.07, 6.45) is 3.06. The second-order valence-corrected chi connectivity index (χ2v) is 4.47. The number of hydrogen-bond donors (Lipinski definition) is 1. The molecular weight excluding hydrogens is 184 g/mol. The minimum atomic E-state index is 0.0755. The Bertz CT molecular complexity index is 292. The molecule has 84 valence electrons. The van der Waals surface area contributed by atoms with E-state index in [0.717, 1.165) is 19.3 Å². The standard InChI is InChI=1S/C14H22O/c1-4-14(5-2,11-15)10-13-9-7-6-8-12(13)3/h6-9,15H,4-5,10-11H2,1-3H3. The molecule has 0 bridgehead atoms. The molecule has 1 heteroatoms. The minimum Gasteiger partial charge on any atom is -0.396 e. The third-order valence-corrected chi connectivity index (χ3v) is 3.66. The second kappa shape index (κ2) is 5.32. The fourth-order valence-corrected chi connectivity index (χ4v) is 1.99. The van der Waals surface area contributed by atoms with Crippen molar-refractivity contribution in [1.82, 2.24) is 0 Å². The molecule has 0 radical (unpaired) electrons. The Kier molecular flexibility index (Phi) is 4.34. The summed E-state index contributed by atoms with van der Waals surface area (Å²) >= 11 is 0. The van der Waals surface area contributed by atoms with Gasteiger partial charge in [0.15, 0.2) is 0 Å². The lowest BCUT2D eigenvalue weighted by molar-refractivity contribution is 0.115. The lowest BCUT2D eigenvalue weighted by atomic mass is 9.77. The summed E-state index contributed by atoms with van der Waals surface area (Å²) < 4.78 is 0. The van der Waals surface area contributed by atoms with Crippen LogP contribution in [0.3, 0.4) is 0 Å². The van der Waals surface area contributed by atoms with Gasteiger partial charge in [-0.05, 0) is 42.7 Å². The van der Waals surface area contributed by atoms with Crippen LogP contribution in [0.2, 0.25) is 0 Å². The molecule has 0 amide bonds. The van der Waals surface area contributed by atoms with Crippen molar-refractivity contribution >= 4 is 0 Å². The van der Waals surface area contributed by atoms with E-state index in [2.05, 4.69) is 45.0 Å². The SMILES string of the molecule is CCC(CC)(CO)Cc1ccccc1C. The zero-order valence-corrected chi connectivity index (χ0v) is 10.1. The van der Waals surface area contributed by atoms with Crippen LogP contribution in [-0.2, 0) is 6.42 Å². The van der Waals surface area contributed by atoms with Gasteiger partial charge in [0.2, 0.25) is 0 Å².